The predicted molar refractivity (Wildman–Crippen MR) is 60.9 cm³/mol. The van der Waals surface area contributed by atoms with Gasteiger partial charge in [0.2, 0.25) is 5.95 Å². The molecule has 0 bridgehead atoms. The number of hydrogen-bond donors (Lipinski definition) is 1. The van der Waals surface area contributed by atoms with E-state index >= 15 is 0 Å². The van der Waals surface area contributed by atoms with Crippen molar-refractivity contribution in [1.29, 1.82) is 0 Å². The Kier molecular flexibility index (Phi) is 4.69. The molecule has 1 N–H and O–H groups in total. The number of ether oxygens (including phenoxy) is 1. The van der Waals surface area contributed by atoms with Crippen molar-refractivity contribution in [3.8, 4) is 0 Å². The lowest BCUT2D eigenvalue weighted by Crippen LogP contribution is -2.25. The number of nitrogens with zero attached hydrogens (tertiary/aromatic N) is 2. The van der Waals surface area contributed by atoms with Crippen LogP contribution in [0.15, 0.2) is 18.5 Å². The third kappa shape index (κ3) is 4.25. The van der Waals surface area contributed by atoms with Gasteiger partial charge in [0.15, 0.2) is 0 Å². The molecule has 0 saturated carbocycles. The molecule has 0 amide bonds. The molecule has 88 valence electrons. The van der Waals surface area contributed by atoms with Crippen molar-refractivity contribution in [3.05, 3.63) is 18.5 Å². The Labute approximate surface area is 95.3 Å². The Morgan fingerprint density at radius 1 is 1.38 bits per heavy atom. The lowest BCUT2D eigenvalue weighted by molar-refractivity contribution is -0.151. The zero-order valence-corrected chi connectivity index (χ0v) is 9.80. The molecule has 1 rings (SSSR count). The summed E-state index contributed by atoms with van der Waals surface area (Å²) in [7, 11) is 0. The zero-order valence-electron chi connectivity index (χ0n) is 9.80. The molecule has 16 heavy (non-hydrogen) atoms. The SMILES string of the molecule is CC(C)OC(=O)C(C)CNc1ncccn1. The zero-order chi connectivity index (χ0) is 12.0. The first-order valence-corrected chi connectivity index (χ1v) is 5.31. The fourth-order valence-corrected chi connectivity index (χ4v) is 1.07. The fourth-order valence-electron chi connectivity index (χ4n) is 1.07. The Morgan fingerprint density at radius 3 is 2.56 bits per heavy atom. The minimum atomic E-state index is -0.216. The van der Waals surface area contributed by atoms with E-state index in [0.29, 0.717) is 12.5 Å². The number of carbonyl (C=O) groups is 1. The molecule has 1 unspecified atom stereocenters. The quantitative estimate of drug-likeness (QED) is 0.766. The van der Waals surface area contributed by atoms with Gasteiger partial charge in [0.25, 0.3) is 0 Å². The summed E-state index contributed by atoms with van der Waals surface area (Å²) < 4.78 is 5.08. The highest BCUT2D eigenvalue weighted by molar-refractivity contribution is 5.72. The van der Waals surface area contributed by atoms with Crippen LogP contribution in [0.4, 0.5) is 5.95 Å². The topological polar surface area (TPSA) is 64.1 Å². The molecule has 1 aromatic heterocycles. The minimum absolute atomic E-state index is 0.0806. The van der Waals surface area contributed by atoms with E-state index in [1.807, 2.05) is 13.8 Å². The third-order valence-corrected chi connectivity index (χ3v) is 1.89. The highest BCUT2D eigenvalue weighted by Gasteiger charge is 2.15. The first kappa shape index (κ1) is 12.4. The van der Waals surface area contributed by atoms with Crippen molar-refractivity contribution in [2.45, 2.75) is 26.9 Å². The van der Waals surface area contributed by atoms with E-state index in [1.54, 1.807) is 25.4 Å². The van der Waals surface area contributed by atoms with Gasteiger partial charge in [-0.15, -0.1) is 0 Å². The lowest BCUT2D eigenvalue weighted by Gasteiger charge is -2.14. The molecule has 0 aliphatic heterocycles. The third-order valence-electron chi connectivity index (χ3n) is 1.89. The maximum absolute atomic E-state index is 11.5. The molecule has 0 aliphatic carbocycles. The van der Waals surface area contributed by atoms with Crippen LogP contribution in [-0.2, 0) is 9.53 Å². The van der Waals surface area contributed by atoms with Gasteiger partial charge in [-0.1, -0.05) is 6.92 Å². The van der Waals surface area contributed by atoms with E-state index < -0.39 is 0 Å². The molecule has 0 fully saturated rings. The predicted octanol–water partition coefficient (Wildman–Crippen LogP) is 1.48. The van der Waals surface area contributed by atoms with Crippen LogP contribution in [0.5, 0.6) is 0 Å². The maximum atomic E-state index is 11.5. The average molecular weight is 223 g/mol. The van der Waals surface area contributed by atoms with Crippen molar-refractivity contribution in [1.82, 2.24) is 9.97 Å². The van der Waals surface area contributed by atoms with Crippen LogP contribution in [0, 0.1) is 5.92 Å². The Morgan fingerprint density at radius 2 is 2.00 bits per heavy atom. The highest BCUT2D eigenvalue weighted by Crippen LogP contribution is 2.03. The van der Waals surface area contributed by atoms with Gasteiger partial charge in [-0.05, 0) is 19.9 Å². The normalized spacial score (nSPS) is 12.2. The van der Waals surface area contributed by atoms with Gasteiger partial charge in [-0.2, -0.15) is 0 Å². The van der Waals surface area contributed by atoms with Crippen LogP contribution < -0.4 is 5.32 Å². The summed E-state index contributed by atoms with van der Waals surface area (Å²) in [6, 6.07) is 1.74. The molecular formula is C11H17N3O2. The molecular weight excluding hydrogens is 206 g/mol. The molecule has 0 radical (unpaired) electrons. The molecule has 0 saturated heterocycles. The molecule has 5 nitrogen and oxygen atoms in total. The van der Waals surface area contributed by atoms with Gasteiger partial charge < -0.3 is 10.1 Å². The smallest absolute Gasteiger partial charge is 0.310 e. The van der Waals surface area contributed by atoms with E-state index in [1.165, 1.54) is 0 Å². The van der Waals surface area contributed by atoms with Crippen molar-refractivity contribution >= 4 is 11.9 Å². The Bertz CT molecular complexity index is 327. The van der Waals surface area contributed by atoms with Crippen LogP contribution in [0.25, 0.3) is 0 Å². The minimum Gasteiger partial charge on any atom is -0.463 e. The summed E-state index contributed by atoms with van der Waals surface area (Å²) in [6.07, 6.45) is 3.21. The van der Waals surface area contributed by atoms with Crippen LogP contribution in [-0.4, -0.2) is 28.6 Å². The van der Waals surface area contributed by atoms with Crippen LogP contribution in [0.3, 0.4) is 0 Å². The average Bonchev–Trinajstić information content (AvgIpc) is 2.26. The van der Waals surface area contributed by atoms with Crippen molar-refractivity contribution in [2.75, 3.05) is 11.9 Å². The van der Waals surface area contributed by atoms with E-state index in [0.717, 1.165) is 0 Å². The van der Waals surface area contributed by atoms with Gasteiger partial charge in [-0.3, -0.25) is 4.79 Å². The molecule has 1 heterocycles. The number of esters is 1. The monoisotopic (exact) mass is 223 g/mol. The van der Waals surface area contributed by atoms with Crippen molar-refractivity contribution in [3.63, 3.8) is 0 Å². The summed E-state index contributed by atoms with van der Waals surface area (Å²) in [5.74, 6) is 0.0938. The first-order chi connectivity index (χ1) is 7.59. The van der Waals surface area contributed by atoms with Crippen molar-refractivity contribution < 1.29 is 9.53 Å². The van der Waals surface area contributed by atoms with Gasteiger partial charge >= 0.3 is 5.97 Å². The molecule has 0 aromatic carbocycles. The molecule has 5 heteroatoms. The van der Waals surface area contributed by atoms with Gasteiger partial charge in [-0.25, -0.2) is 9.97 Å². The number of hydrogen-bond acceptors (Lipinski definition) is 5. The Hall–Kier alpha value is -1.65. The maximum Gasteiger partial charge on any atom is 0.310 e. The van der Waals surface area contributed by atoms with E-state index in [2.05, 4.69) is 15.3 Å². The summed E-state index contributed by atoms with van der Waals surface area (Å²) in [5, 5.41) is 2.98. The molecule has 1 atom stereocenters. The number of rotatable bonds is 5. The number of anilines is 1. The number of carbonyl (C=O) groups excluding carboxylic acids is 1. The summed E-state index contributed by atoms with van der Waals surface area (Å²) in [4.78, 5) is 19.5. The van der Waals surface area contributed by atoms with Crippen molar-refractivity contribution in [2.24, 2.45) is 5.92 Å². The fraction of sp³-hybridized carbons (Fsp3) is 0.545. The number of aromatic nitrogens is 2. The second-order valence-corrected chi connectivity index (χ2v) is 3.84. The molecule has 0 spiro atoms. The van der Waals surface area contributed by atoms with Gasteiger partial charge in [0.1, 0.15) is 0 Å². The largest absolute Gasteiger partial charge is 0.463 e. The van der Waals surface area contributed by atoms with Crippen LogP contribution >= 0.6 is 0 Å². The van der Waals surface area contributed by atoms with E-state index in [4.69, 9.17) is 4.74 Å². The highest BCUT2D eigenvalue weighted by atomic mass is 16.5. The van der Waals surface area contributed by atoms with Crippen LogP contribution in [0.1, 0.15) is 20.8 Å². The molecule has 1 aromatic rings. The van der Waals surface area contributed by atoms with E-state index in [-0.39, 0.29) is 18.0 Å². The van der Waals surface area contributed by atoms with Gasteiger partial charge in [0.05, 0.1) is 12.0 Å². The Balaban J connectivity index is 2.35. The van der Waals surface area contributed by atoms with Gasteiger partial charge in [0, 0.05) is 18.9 Å². The lowest BCUT2D eigenvalue weighted by atomic mass is 10.2. The van der Waals surface area contributed by atoms with Crippen LogP contribution in [0.2, 0.25) is 0 Å². The summed E-state index contributed by atoms with van der Waals surface area (Å²) in [6.45, 7) is 5.94. The van der Waals surface area contributed by atoms with E-state index in [9.17, 15) is 4.79 Å². The number of nitrogens with one attached hydrogen (secondary N) is 1. The molecule has 0 aliphatic rings. The summed E-state index contributed by atoms with van der Waals surface area (Å²) in [5.41, 5.74) is 0. The first-order valence-electron chi connectivity index (χ1n) is 5.31. The standard InChI is InChI=1S/C11H17N3O2/c1-8(2)16-10(15)9(3)7-14-11-12-5-4-6-13-11/h4-6,8-9H,7H2,1-3H3,(H,12,13,14). The summed E-state index contributed by atoms with van der Waals surface area (Å²) >= 11 is 0. The second-order valence-electron chi connectivity index (χ2n) is 3.84. The second kappa shape index (κ2) is 6.05.